The van der Waals surface area contributed by atoms with E-state index in [0.717, 1.165) is 11.1 Å². The molecule has 0 spiro atoms. The van der Waals surface area contributed by atoms with Crippen molar-refractivity contribution in [2.24, 2.45) is 5.92 Å². The van der Waals surface area contributed by atoms with Crippen molar-refractivity contribution in [1.29, 1.82) is 0 Å². The van der Waals surface area contributed by atoms with E-state index >= 15 is 0 Å². The van der Waals surface area contributed by atoms with Crippen molar-refractivity contribution in [1.82, 2.24) is 0 Å². The number of aliphatic hydroxyl groups is 2. The number of phenolic OH excluding ortho intramolecular Hbond substituents is 1. The van der Waals surface area contributed by atoms with Crippen LogP contribution in [0.15, 0.2) is 42.5 Å². The van der Waals surface area contributed by atoms with Crippen molar-refractivity contribution in [3.8, 4) is 5.75 Å². The van der Waals surface area contributed by atoms with Gasteiger partial charge in [-0.15, -0.1) is 6.58 Å². The fourth-order valence-electron chi connectivity index (χ4n) is 2.38. The van der Waals surface area contributed by atoms with E-state index in [-0.39, 0.29) is 12.4 Å². The molecule has 0 aliphatic heterocycles. The second kappa shape index (κ2) is 9.90. The Labute approximate surface area is 142 Å². The highest BCUT2D eigenvalue weighted by molar-refractivity contribution is 5.75. The van der Waals surface area contributed by atoms with Crippen molar-refractivity contribution < 1.29 is 24.9 Å². The van der Waals surface area contributed by atoms with Crippen LogP contribution in [0.1, 0.15) is 32.3 Å². The Kier molecular flexibility index (Phi) is 8.22. The summed E-state index contributed by atoms with van der Waals surface area (Å²) in [5.41, 5.74) is 1.99. The van der Waals surface area contributed by atoms with Gasteiger partial charge in [-0.3, -0.25) is 0 Å². The Balaban J connectivity index is 2.61. The third kappa shape index (κ3) is 6.18. The topological polar surface area (TPSA) is 87.0 Å². The van der Waals surface area contributed by atoms with Crippen LogP contribution in [0.2, 0.25) is 0 Å². The van der Waals surface area contributed by atoms with Crippen LogP contribution in [-0.4, -0.2) is 40.1 Å². The van der Waals surface area contributed by atoms with Crippen LogP contribution in [0.25, 0.3) is 6.08 Å². The molecule has 132 valence electrons. The molecule has 0 saturated carbocycles. The maximum Gasteiger partial charge on any atom is 0.335 e. The maximum absolute atomic E-state index is 11.6. The van der Waals surface area contributed by atoms with Gasteiger partial charge in [-0.05, 0) is 44.4 Å². The summed E-state index contributed by atoms with van der Waals surface area (Å²) in [5.74, 6) is -1.31. The molecule has 0 aliphatic carbocycles. The Morgan fingerprint density at radius 1 is 1.29 bits per heavy atom. The highest BCUT2D eigenvalue weighted by Crippen LogP contribution is 2.20. The van der Waals surface area contributed by atoms with Gasteiger partial charge in [0.2, 0.25) is 0 Å². The second-order valence-corrected chi connectivity index (χ2v) is 5.70. The molecular weight excluding hydrogens is 308 g/mol. The number of carbonyl (C=O) groups is 1. The molecule has 0 saturated heterocycles. The summed E-state index contributed by atoms with van der Waals surface area (Å²) in [5, 5.41) is 29.5. The van der Waals surface area contributed by atoms with Crippen LogP contribution in [-0.2, 0) is 9.53 Å². The number of allylic oxidation sites excluding steroid dienone is 1. The van der Waals surface area contributed by atoms with Gasteiger partial charge in [-0.1, -0.05) is 29.9 Å². The first kappa shape index (κ1) is 19.9. The normalized spacial score (nSPS) is 15.4. The molecule has 0 unspecified atom stereocenters. The van der Waals surface area contributed by atoms with Gasteiger partial charge >= 0.3 is 5.97 Å². The molecular formula is C19H26O5. The molecule has 3 N–H and O–H groups in total. The predicted octanol–water partition coefficient (Wildman–Crippen LogP) is 2.66. The molecule has 0 heterocycles. The number of carbonyl (C=O) groups excluding carboxylic acids is 1. The van der Waals surface area contributed by atoms with Gasteiger partial charge in [0.1, 0.15) is 5.75 Å². The average Bonchev–Trinajstić information content (AvgIpc) is 2.56. The van der Waals surface area contributed by atoms with E-state index in [1.807, 2.05) is 13.0 Å². The predicted molar refractivity (Wildman–Crippen MR) is 93.3 cm³/mol. The number of hydrogen-bond acceptors (Lipinski definition) is 5. The van der Waals surface area contributed by atoms with Crippen molar-refractivity contribution >= 4 is 12.0 Å². The number of ether oxygens (including phenoxy) is 1. The van der Waals surface area contributed by atoms with E-state index in [9.17, 15) is 20.1 Å². The minimum atomic E-state index is -1.42. The number of hydrogen-bond donors (Lipinski definition) is 3. The molecule has 24 heavy (non-hydrogen) atoms. The molecule has 0 aromatic heterocycles. The van der Waals surface area contributed by atoms with Crippen LogP contribution in [0.4, 0.5) is 0 Å². The smallest absolute Gasteiger partial charge is 0.335 e. The molecule has 0 amide bonds. The highest BCUT2D eigenvalue weighted by Gasteiger charge is 2.30. The number of aromatic hydroxyl groups is 1. The molecule has 1 aromatic carbocycles. The van der Waals surface area contributed by atoms with E-state index < -0.39 is 24.1 Å². The largest absolute Gasteiger partial charge is 0.508 e. The number of phenols is 1. The van der Waals surface area contributed by atoms with E-state index in [1.54, 1.807) is 31.2 Å². The molecule has 5 nitrogen and oxygen atoms in total. The van der Waals surface area contributed by atoms with Gasteiger partial charge < -0.3 is 20.1 Å². The Morgan fingerprint density at radius 2 is 1.92 bits per heavy atom. The summed E-state index contributed by atoms with van der Waals surface area (Å²) in [6.07, 6.45) is 2.00. The molecule has 0 aliphatic rings. The number of rotatable bonds is 9. The lowest BCUT2D eigenvalue weighted by molar-refractivity contribution is -0.157. The van der Waals surface area contributed by atoms with Crippen molar-refractivity contribution in [2.75, 3.05) is 6.61 Å². The lowest BCUT2D eigenvalue weighted by Gasteiger charge is -2.23. The fraction of sp³-hybridized carbons (Fsp3) is 0.421. The zero-order valence-electron chi connectivity index (χ0n) is 14.2. The summed E-state index contributed by atoms with van der Waals surface area (Å²) in [6, 6.07) is 6.81. The average molecular weight is 334 g/mol. The SMILES string of the molecule is C=C[C@H]([C@H](O)CC/C(C)=C/c1ccc(O)cc1)[C@H](O)C(=O)OCC. The van der Waals surface area contributed by atoms with Crippen LogP contribution in [0.3, 0.4) is 0 Å². The first-order chi connectivity index (χ1) is 11.4. The van der Waals surface area contributed by atoms with Crippen molar-refractivity contribution in [2.45, 2.75) is 38.9 Å². The minimum Gasteiger partial charge on any atom is -0.508 e. The maximum atomic E-state index is 11.6. The zero-order valence-corrected chi connectivity index (χ0v) is 14.2. The highest BCUT2D eigenvalue weighted by atomic mass is 16.5. The second-order valence-electron chi connectivity index (χ2n) is 5.70. The number of benzene rings is 1. The molecule has 3 atom stereocenters. The Morgan fingerprint density at radius 3 is 2.46 bits per heavy atom. The van der Waals surface area contributed by atoms with E-state index in [2.05, 4.69) is 6.58 Å². The van der Waals surface area contributed by atoms with Crippen LogP contribution >= 0.6 is 0 Å². The fourth-order valence-corrected chi connectivity index (χ4v) is 2.38. The summed E-state index contributed by atoms with van der Waals surface area (Å²) in [4.78, 5) is 11.6. The number of esters is 1. The molecule has 1 rings (SSSR count). The standard InChI is InChI=1S/C19H26O5/c1-4-16(18(22)19(23)24-5-2)17(21)11-6-13(3)12-14-7-9-15(20)10-8-14/h4,7-10,12,16-18,20-22H,1,5-6,11H2,2-3H3/b13-12+/t16-,17-,18+/m1/s1. The Hall–Kier alpha value is -2.11. The molecule has 1 aromatic rings. The lowest BCUT2D eigenvalue weighted by Crippen LogP contribution is -2.37. The summed E-state index contributed by atoms with van der Waals surface area (Å²) in [7, 11) is 0. The number of aliphatic hydroxyl groups excluding tert-OH is 2. The van der Waals surface area contributed by atoms with Gasteiger partial charge in [-0.2, -0.15) is 0 Å². The third-order valence-corrected chi connectivity index (χ3v) is 3.75. The first-order valence-electron chi connectivity index (χ1n) is 8.00. The summed E-state index contributed by atoms with van der Waals surface area (Å²) in [6.45, 7) is 7.34. The Bertz CT molecular complexity index is 562. The zero-order chi connectivity index (χ0) is 18.1. The molecule has 5 heteroatoms. The van der Waals surface area contributed by atoms with Crippen LogP contribution in [0, 0.1) is 5.92 Å². The van der Waals surface area contributed by atoms with Crippen molar-refractivity contribution in [3.05, 3.63) is 48.1 Å². The lowest BCUT2D eigenvalue weighted by atomic mass is 9.91. The van der Waals surface area contributed by atoms with E-state index in [1.165, 1.54) is 6.08 Å². The third-order valence-electron chi connectivity index (χ3n) is 3.75. The monoisotopic (exact) mass is 334 g/mol. The summed E-state index contributed by atoms with van der Waals surface area (Å²) < 4.78 is 4.77. The van der Waals surface area contributed by atoms with Crippen molar-refractivity contribution in [3.63, 3.8) is 0 Å². The van der Waals surface area contributed by atoms with Crippen LogP contribution < -0.4 is 0 Å². The van der Waals surface area contributed by atoms with Gasteiger partial charge in [0.25, 0.3) is 0 Å². The molecule has 0 fully saturated rings. The van der Waals surface area contributed by atoms with Gasteiger partial charge in [0, 0.05) is 5.92 Å². The molecule has 0 bridgehead atoms. The minimum absolute atomic E-state index is 0.171. The van der Waals surface area contributed by atoms with Gasteiger partial charge in [0.15, 0.2) is 6.10 Å². The van der Waals surface area contributed by atoms with E-state index in [0.29, 0.717) is 12.8 Å². The van der Waals surface area contributed by atoms with E-state index in [4.69, 9.17) is 4.74 Å². The quantitative estimate of drug-likeness (QED) is 0.477. The first-order valence-corrected chi connectivity index (χ1v) is 8.00. The molecule has 0 radical (unpaired) electrons. The summed E-state index contributed by atoms with van der Waals surface area (Å²) >= 11 is 0. The van der Waals surface area contributed by atoms with Gasteiger partial charge in [-0.25, -0.2) is 4.79 Å². The van der Waals surface area contributed by atoms with Gasteiger partial charge in [0.05, 0.1) is 12.7 Å². The van der Waals surface area contributed by atoms with Crippen LogP contribution in [0.5, 0.6) is 5.75 Å².